The molecular formula is C27H37ClF3NO3. The third-order valence-electron chi connectivity index (χ3n) is 6.76. The molecule has 1 aliphatic heterocycles. The Morgan fingerprint density at radius 3 is 2.26 bits per heavy atom. The van der Waals surface area contributed by atoms with Gasteiger partial charge in [0.05, 0.1) is 22.8 Å². The standard InChI is InChI=1S/C25H31ClF3NO3.C2H6/c1-16-17(2)23(33-14-13-32-4)8-6-20(16)18(3)30-11-9-24(31,10-12-30)19-5-7-22(26)21(15-19)25(27,28)29;1-2/h5-8,15,18,31H,9-14H2,1-4H3;1-2H3. The second-order valence-electron chi connectivity index (χ2n) is 8.68. The largest absolute Gasteiger partial charge is 0.491 e. The van der Waals surface area contributed by atoms with E-state index in [4.69, 9.17) is 21.1 Å². The zero-order valence-corrected chi connectivity index (χ0v) is 22.2. The lowest BCUT2D eigenvalue weighted by atomic mass is 9.83. The normalized spacial score (nSPS) is 16.9. The molecule has 0 bridgehead atoms. The molecule has 4 nitrogen and oxygen atoms in total. The second kappa shape index (κ2) is 12.4. The number of ether oxygens (including phenoxy) is 2. The maximum atomic E-state index is 13.3. The lowest BCUT2D eigenvalue weighted by Crippen LogP contribution is -2.43. The minimum atomic E-state index is -4.56. The minimum Gasteiger partial charge on any atom is -0.491 e. The van der Waals surface area contributed by atoms with E-state index in [-0.39, 0.29) is 16.6 Å². The van der Waals surface area contributed by atoms with E-state index in [1.165, 1.54) is 17.7 Å². The van der Waals surface area contributed by atoms with E-state index in [2.05, 4.69) is 24.8 Å². The number of halogens is 4. The van der Waals surface area contributed by atoms with Gasteiger partial charge in [0.2, 0.25) is 0 Å². The third-order valence-corrected chi connectivity index (χ3v) is 7.09. The Balaban J connectivity index is 0.00000210. The van der Waals surface area contributed by atoms with E-state index in [0.717, 1.165) is 22.9 Å². The molecule has 1 heterocycles. The molecule has 0 spiro atoms. The van der Waals surface area contributed by atoms with Gasteiger partial charge in [0.15, 0.2) is 0 Å². The Labute approximate surface area is 212 Å². The molecule has 2 aromatic carbocycles. The number of methoxy groups -OCH3 is 1. The summed E-state index contributed by atoms with van der Waals surface area (Å²) in [4.78, 5) is 2.25. The monoisotopic (exact) mass is 515 g/mol. The molecular weight excluding hydrogens is 479 g/mol. The average Bonchev–Trinajstić information content (AvgIpc) is 2.83. The minimum absolute atomic E-state index is 0.0947. The number of nitrogens with zero attached hydrogens (tertiary/aromatic N) is 1. The highest BCUT2D eigenvalue weighted by atomic mass is 35.5. The van der Waals surface area contributed by atoms with Crippen LogP contribution < -0.4 is 4.74 Å². The number of aliphatic hydroxyl groups is 1. The van der Waals surface area contributed by atoms with E-state index in [9.17, 15) is 18.3 Å². The van der Waals surface area contributed by atoms with Gasteiger partial charge in [-0.3, -0.25) is 4.90 Å². The molecule has 0 amide bonds. The third kappa shape index (κ3) is 6.91. The van der Waals surface area contributed by atoms with Crippen molar-refractivity contribution in [3.63, 3.8) is 0 Å². The quantitative estimate of drug-likeness (QED) is 0.400. The zero-order valence-electron chi connectivity index (χ0n) is 21.4. The van der Waals surface area contributed by atoms with E-state index in [0.29, 0.717) is 39.1 Å². The van der Waals surface area contributed by atoms with Gasteiger partial charge < -0.3 is 14.6 Å². The van der Waals surface area contributed by atoms with Crippen molar-refractivity contribution in [1.82, 2.24) is 4.90 Å². The summed E-state index contributed by atoms with van der Waals surface area (Å²) in [6, 6.07) is 7.82. The molecule has 8 heteroatoms. The SMILES string of the molecule is CC.COCCOc1ccc(C(C)N2CCC(O)(c3ccc(Cl)c(C(F)(F)F)c3)CC2)c(C)c1C. The van der Waals surface area contributed by atoms with E-state index in [1.54, 1.807) is 7.11 Å². The van der Waals surface area contributed by atoms with Crippen LogP contribution in [0, 0.1) is 13.8 Å². The first-order valence-corrected chi connectivity index (χ1v) is 12.4. The van der Waals surface area contributed by atoms with Crippen molar-refractivity contribution < 1.29 is 27.8 Å². The van der Waals surface area contributed by atoms with Crippen molar-refractivity contribution >= 4 is 11.6 Å². The Hall–Kier alpha value is -1.80. The number of rotatable bonds is 7. The molecule has 1 aliphatic rings. The highest BCUT2D eigenvalue weighted by molar-refractivity contribution is 6.31. The lowest BCUT2D eigenvalue weighted by molar-refractivity contribution is -0.137. The van der Waals surface area contributed by atoms with Crippen LogP contribution in [-0.2, 0) is 16.5 Å². The van der Waals surface area contributed by atoms with Crippen LogP contribution in [0.25, 0.3) is 0 Å². The molecule has 2 aromatic rings. The number of piperidine rings is 1. The van der Waals surface area contributed by atoms with Gasteiger partial charge in [-0.1, -0.05) is 37.6 Å². The zero-order chi connectivity index (χ0) is 26.4. The van der Waals surface area contributed by atoms with Gasteiger partial charge in [-0.25, -0.2) is 0 Å². The number of alkyl halides is 3. The first-order chi connectivity index (χ1) is 16.5. The Bertz CT molecular complexity index is 973. The first-order valence-electron chi connectivity index (χ1n) is 12.0. The Morgan fingerprint density at radius 2 is 1.69 bits per heavy atom. The van der Waals surface area contributed by atoms with E-state index < -0.39 is 17.3 Å². The van der Waals surface area contributed by atoms with Crippen molar-refractivity contribution in [2.24, 2.45) is 0 Å². The fraction of sp³-hybridized carbons (Fsp3) is 0.556. The summed E-state index contributed by atoms with van der Waals surface area (Å²) in [7, 11) is 1.63. The molecule has 0 aromatic heterocycles. The van der Waals surface area contributed by atoms with Crippen molar-refractivity contribution in [3.8, 4) is 5.75 Å². The van der Waals surface area contributed by atoms with Crippen LogP contribution in [0.15, 0.2) is 30.3 Å². The fourth-order valence-electron chi connectivity index (χ4n) is 4.46. The van der Waals surface area contributed by atoms with Gasteiger partial charge in [0, 0.05) is 26.2 Å². The van der Waals surface area contributed by atoms with Gasteiger partial charge >= 0.3 is 6.18 Å². The van der Waals surface area contributed by atoms with Crippen molar-refractivity contribution in [1.29, 1.82) is 0 Å². The van der Waals surface area contributed by atoms with Gasteiger partial charge in [-0.15, -0.1) is 0 Å². The van der Waals surface area contributed by atoms with Crippen LogP contribution in [0.5, 0.6) is 5.75 Å². The van der Waals surface area contributed by atoms with Gasteiger partial charge in [0.25, 0.3) is 0 Å². The smallest absolute Gasteiger partial charge is 0.417 e. The first kappa shape index (κ1) is 29.4. The number of likely N-dealkylation sites (tertiary alicyclic amines) is 1. The number of hydrogen-bond acceptors (Lipinski definition) is 4. The Morgan fingerprint density at radius 1 is 1.06 bits per heavy atom. The molecule has 35 heavy (non-hydrogen) atoms. The summed E-state index contributed by atoms with van der Waals surface area (Å²) in [5.41, 5.74) is 1.42. The molecule has 1 N–H and O–H groups in total. The molecule has 1 unspecified atom stereocenters. The van der Waals surface area contributed by atoms with Crippen molar-refractivity contribution in [2.75, 3.05) is 33.4 Å². The summed E-state index contributed by atoms with van der Waals surface area (Å²) < 4.78 is 50.7. The Kier molecular flexibility index (Phi) is 10.5. The van der Waals surface area contributed by atoms with E-state index >= 15 is 0 Å². The predicted molar refractivity (Wildman–Crippen MR) is 134 cm³/mol. The highest BCUT2D eigenvalue weighted by Gasteiger charge is 2.39. The van der Waals surface area contributed by atoms with Gasteiger partial charge in [-0.05, 0) is 74.1 Å². The molecule has 0 aliphatic carbocycles. The molecule has 1 fully saturated rings. The summed E-state index contributed by atoms with van der Waals surface area (Å²) in [5.74, 6) is 0.830. The average molecular weight is 516 g/mol. The van der Waals surface area contributed by atoms with Crippen molar-refractivity contribution in [2.45, 2.75) is 65.3 Å². The summed E-state index contributed by atoms with van der Waals surface area (Å²) in [5, 5.41) is 10.8. The molecule has 0 saturated carbocycles. The highest BCUT2D eigenvalue weighted by Crippen LogP contribution is 2.41. The summed E-state index contributed by atoms with van der Waals surface area (Å²) in [6.45, 7) is 12.3. The van der Waals surface area contributed by atoms with Gasteiger partial charge in [-0.2, -0.15) is 13.2 Å². The number of hydrogen-bond donors (Lipinski definition) is 1. The van der Waals surface area contributed by atoms with Crippen LogP contribution in [0.1, 0.15) is 67.5 Å². The van der Waals surface area contributed by atoms with E-state index in [1.807, 2.05) is 26.8 Å². The van der Waals surface area contributed by atoms with Crippen LogP contribution in [-0.4, -0.2) is 43.4 Å². The fourth-order valence-corrected chi connectivity index (χ4v) is 4.68. The number of benzene rings is 2. The summed E-state index contributed by atoms with van der Waals surface area (Å²) in [6.07, 6.45) is -3.88. The lowest BCUT2D eigenvalue weighted by Gasteiger charge is -2.41. The molecule has 1 saturated heterocycles. The van der Waals surface area contributed by atoms with Crippen LogP contribution in [0.3, 0.4) is 0 Å². The topological polar surface area (TPSA) is 41.9 Å². The van der Waals surface area contributed by atoms with Crippen LogP contribution in [0.2, 0.25) is 5.02 Å². The predicted octanol–water partition coefficient (Wildman–Crippen LogP) is 7.07. The van der Waals surface area contributed by atoms with Crippen molar-refractivity contribution in [3.05, 3.63) is 63.2 Å². The second-order valence-corrected chi connectivity index (χ2v) is 9.09. The summed E-state index contributed by atoms with van der Waals surface area (Å²) >= 11 is 5.75. The molecule has 3 rings (SSSR count). The molecule has 0 radical (unpaired) electrons. The maximum Gasteiger partial charge on any atom is 0.417 e. The van der Waals surface area contributed by atoms with Gasteiger partial charge in [0.1, 0.15) is 12.4 Å². The van der Waals surface area contributed by atoms with Crippen LogP contribution >= 0.6 is 11.6 Å². The van der Waals surface area contributed by atoms with Crippen LogP contribution in [0.4, 0.5) is 13.2 Å². The maximum absolute atomic E-state index is 13.3. The molecule has 1 atom stereocenters. The molecule has 196 valence electrons.